The molecule has 112 valence electrons. The Hall–Kier alpha value is -0.0800. The number of nitrogens with one attached hydrogen (secondary N) is 1. The van der Waals surface area contributed by atoms with E-state index in [1.807, 2.05) is 0 Å². The average Bonchev–Trinajstić information content (AvgIpc) is 2.40. The summed E-state index contributed by atoms with van der Waals surface area (Å²) in [5.74, 6) is 0.895. The summed E-state index contributed by atoms with van der Waals surface area (Å²) in [6.07, 6.45) is 9.01. The average molecular weight is 267 g/mol. The van der Waals surface area contributed by atoms with E-state index in [0.717, 1.165) is 19.1 Å². The van der Waals surface area contributed by atoms with Crippen molar-refractivity contribution in [1.82, 2.24) is 5.32 Å². The largest absolute Gasteiger partial charge is 0.375 e. The Kier molecular flexibility index (Phi) is 4.94. The van der Waals surface area contributed by atoms with Gasteiger partial charge in [0, 0.05) is 12.6 Å². The molecule has 1 saturated carbocycles. The van der Waals surface area contributed by atoms with Gasteiger partial charge in [0.15, 0.2) is 0 Å². The Morgan fingerprint density at radius 1 is 1.16 bits per heavy atom. The molecule has 1 N–H and O–H groups in total. The molecule has 1 unspecified atom stereocenters. The first kappa shape index (κ1) is 15.3. The molecular formula is C17H33NO. The third kappa shape index (κ3) is 3.52. The topological polar surface area (TPSA) is 21.3 Å². The van der Waals surface area contributed by atoms with Crippen molar-refractivity contribution in [2.45, 2.75) is 84.3 Å². The van der Waals surface area contributed by atoms with Crippen LogP contribution in [0, 0.1) is 11.3 Å². The van der Waals surface area contributed by atoms with E-state index in [0.29, 0.717) is 11.5 Å². The normalized spacial score (nSPS) is 36.6. The van der Waals surface area contributed by atoms with Gasteiger partial charge in [-0.15, -0.1) is 0 Å². The summed E-state index contributed by atoms with van der Waals surface area (Å²) in [7, 11) is 0. The minimum Gasteiger partial charge on any atom is -0.375 e. The Morgan fingerprint density at radius 3 is 2.42 bits per heavy atom. The first-order valence-electron chi connectivity index (χ1n) is 8.39. The third-order valence-corrected chi connectivity index (χ3v) is 5.90. The highest BCUT2D eigenvalue weighted by Gasteiger charge is 2.43. The molecule has 0 aromatic rings. The van der Waals surface area contributed by atoms with Crippen molar-refractivity contribution in [3.8, 4) is 0 Å². The second-order valence-electron chi connectivity index (χ2n) is 7.40. The Labute approximate surface area is 119 Å². The monoisotopic (exact) mass is 267 g/mol. The lowest BCUT2D eigenvalue weighted by atomic mass is 9.65. The second kappa shape index (κ2) is 6.13. The van der Waals surface area contributed by atoms with E-state index in [2.05, 4.69) is 33.0 Å². The van der Waals surface area contributed by atoms with Crippen molar-refractivity contribution in [2.24, 2.45) is 11.3 Å². The maximum atomic E-state index is 6.24. The molecule has 0 amide bonds. The third-order valence-electron chi connectivity index (χ3n) is 5.90. The summed E-state index contributed by atoms with van der Waals surface area (Å²) < 4.78 is 6.24. The molecule has 0 aromatic heterocycles. The van der Waals surface area contributed by atoms with Crippen LogP contribution in [-0.2, 0) is 4.74 Å². The van der Waals surface area contributed by atoms with Crippen LogP contribution in [0.2, 0.25) is 0 Å². The van der Waals surface area contributed by atoms with Gasteiger partial charge in [-0.2, -0.15) is 0 Å². The molecule has 0 bridgehead atoms. The van der Waals surface area contributed by atoms with Crippen LogP contribution in [0.5, 0.6) is 0 Å². The number of rotatable bonds is 4. The van der Waals surface area contributed by atoms with Crippen LogP contribution in [0.25, 0.3) is 0 Å². The first-order valence-corrected chi connectivity index (χ1v) is 8.39. The number of ether oxygens (including phenoxy) is 1. The SMILES string of the molecule is CCNC1CCOC2(CCC(C(C)(C)CC)CC2)C1. The molecule has 2 rings (SSSR count). The lowest BCUT2D eigenvalue weighted by Crippen LogP contribution is -2.49. The molecular weight excluding hydrogens is 234 g/mol. The van der Waals surface area contributed by atoms with E-state index in [4.69, 9.17) is 4.74 Å². The van der Waals surface area contributed by atoms with Gasteiger partial charge < -0.3 is 10.1 Å². The van der Waals surface area contributed by atoms with Crippen molar-refractivity contribution >= 4 is 0 Å². The van der Waals surface area contributed by atoms with E-state index >= 15 is 0 Å². The van der Waals surface area contributed by atoms with E-state index in [-0.39, 0.29) is 5.60 Å². The van der Waals surface area contributed by atoms with E-state index in [9.17, 15) is 0 Å². The summed E-state index contributed by atoms with van der Waals surface area (Å²) >= 11 is 0. The van der Waals surface area contributed by atoms with Gasteiger partial charge in [-0.1, -0.05) is 34.1 Å². The van der Waals surface area contributed by atoms with Gasteiger partial charge in [0.2, 0.25) is 0 Å². The molecule has 1 aliphatic heterocycles. The predicted molar refractivity (Wildman–Crippen MR) is 81.4 cm³/mol. The second-order valence-corrected chi connectivity index (χ2v) is 7.40. The van der Waals surface area contributed by atoms with Crippen molar-refractivity contribution in [3.05, 3.63) is 0 Å². The molecule has 2 aliphatic rings. The standard InChI is InChI=1S/C17H33NO/c1-5-16(3,4)14-7-10-17(11-8-14)13-15(18-6-2)9-12-19-17/h14-15,18H,5-13H2,1-4H3. The van der Waals surface area contributed by atoms with Crippen molar-refractivity contribution in [3.63, 3.8) is 0 Å². The number of hydrogen-bond acceptors (Lipinski definition) is 2. The zero-order chi connectivity index (χ0) is 13.9. The van der Waals surface area contributed by atoms with E-state index in [1.165, 1.54) is 44.9 Å². The summed E-state index contributed by atoms with van der Waals surface area (Å²) in [6.45, 7) is 11.5. The summed E-state index contributed by atoms with van der Waals surface area (Å²) in [4.78, 5) is 0. The van der Waals surface area contributed by atoms with Gasteiger partial charge in [-0.3, -0.25) is 0 Å². The maximum Gasteiger partial charge on any atom is 0.0697 e. The summed E-state index contributed by atoms with van der Waals surface area (Å²) in [6, 6.07) is 0.689. The Bertz CT molecular complexity index is 277. The van der Waals surface area contributed by atoms with Crippen LogP contribution in [0.4, 0.5) is 0 Å². The fourth-order valence-electron chi connectivity index (χ4n) is 4.05. The van der Waals surface area contributed by atoms with Gasteiger partial charge in [-0.05, 0) is 56.4 Å². The minimum absolute atomic E-state index is 0.214. The first-order chi connectivity index (χ1) is 9.01. The van der Waals surface area contributed by atoms with Gasteiger partial charge in [0.05, 0.1) is 5.60 Å². The lowest BCUT2D eigenvalue weighted by molar-refractivity contribution is -0.122. The predicted octanol–water partition coefficient (Wildman–Crippen LogP) is 4.14. The molecule has 2 nitrogen and oxygen atoms in total. The molecule has 1 spiro atoms. The summed E-state index contributed by atoms with van der Waals surface area (Å²) in [5.41, 5.74) is 0.725. The highest BCUT2D eigenvalue weighted by molar-refractivity contribution is 4.95. The highest BCUT2D eigenvalue weighted by atomic mass is 16.5. The molecule has 1 saturated heterocycles. The molecule has 2 heteroatoms. The molecule has 0 radical (unpaired) electrons. The fourth-order valence-corrected chi connectivity index (χ4v) is 4.05. The van der Waals surface area contributed by atoms with Gasteiger partial charge in [-0.25, -0.2) is 0 Å². The van der Waals surface area contributed by atoms with Crippen LogP contribution in [-0.4, -0.2) is 24.8 Å². The molecule has 0 aromatic carbocycles. The van der Waals surface area contributed by atoms with Crippen molar-refractivity contribution in [1.29, 1.82) is 0 Å². The van der Waals surface area contributed by atoms with Crippen LogP contribution in [0.1, 0.15) is 72.6 Å². The Morgan fingerprint density at radius 2 is 1.84 bits per heavy atom. The van der Waals surface area contributed by atoms with Crippen molar-refractivity contribution in [2.75, 3.05) is 13.2 Å². The Balaban J connectivity index is 1.91. The summed E-state index contributed by atoms with van der Waals surface area (Å²) in [5, 5.41) is 3.63. The van der Waals surface area contributed by atoms with Crippen LogP contribution in [0.15, 0.2) is 0 Å². The van der Waals surface area contributed by atoms with Crippen LogP contribution in [0.3, 0.4) is 0 Å². The minimum atomic E-state index is 0.214. The highest BCUT2D eigenvalue weighted by Crippen LogP contribution is 2.47. The molecule has 1 heterocycles. The van der Waals surface area contributed by atoms with Gasteiger partial charge in [0.25, 0.3) is 0 Å². The quantitative estimate of drug-likeness (QED) is 0.826. The zero-order valence-electron chi connectivity index (χ0n) is 13.4. The maximum absolute atomic E-state index is 6.24. The lowest BCUT2D eigenvalue weighted by Gasteiger charge is -2.48. The zero-order valence-corrected chi connectivity index (χ0v) is 13.4. The van der Waals surface area contributed by atoms with E-state index in [1.54, 1.807) is 0 Å². The van der Waals surface area contributed by atoms with Crippen molar-refractivity contribution < 1.29 is 4.74 Å². The molecule has 1 aliphatic carbocycles. The molecule has 19 heavy (non-hydrogen) atoms. The van der Waals surface area contributed by atoms with Crippen LogP contribution >= 0.6 is 0 Å². The van der Waals surface area contributed by atoms with Gasteiger partial charge >= 0.3 is 0 Å². The smallest absolute Gasteiger partial charge is 0.0697 e. The number of hydrogen-bond donors (Lipinski definition) is 1. The van der Waals surface area contributed by atoms with Gasteiger partial charge in [0.1, 0.15) is 0 Å². The molecule has 1 atom stereocenters. The fraction of sp³-hybridized carbons (Fsp3) is 1.00. The van der Waals surface area contributed by atoms with Crippen LogP contribution < -0.4 is 5.32 Å². The molecule has 2 fully saturated rings. The van der Waals surface area contributed by atoms with E-state index < -0.39 is 0 Å².